The lowest BCUT2D eigenvalue weighted by Crippen LogP contribution is -2.27. The molecule has 2 heterocycles. The van der Waals surface area contributed by atoms with Crippen molar-refractivity contribution in [3.63, 3.8) is 0 Å². The first-order chi connectivity index (χ1) is 8.00. The Balaban J connectivity index is 2.15. The second-order valence-corrected chi connectivity index (χ2v) is 5.20. The number of nitrogens with zero attached hydrogens (tertiary/aromatic N) is 3. The van der Waals surface area contributed by atoms with Crippen molar-refractivity contribution < 1.29 is 5.11 Å². The Morgan fingerprint density at radius 2 is 2.24 bits per heavy atom. The first-order valence-electron chi connectivity index (χ1n) is 5.37. The van der Waals surface area contributed by atoms with Crippen molar-refractivity contribution in [2.75, 3.05) is 18.5 Å². The quantitative estimate of drug-likeness (QED) is 0.874. The van der Waals surface area contributed by atoms with Gasteiger partial charge in [-0.2, -0.15) is 4.98 Å². The Kier molecular flexibility index (Phi) is 3.22. The summed E-state index contributed by atoms with van der Waals surface area (Å²) in [6.45, 7) is 4.65. The van der Waals surface area contributed by atoms with Gasteiger partial charge in [-0.1, -0.05) is 25.4 Å². The van der Waals surface area contributed by atoms with Gasteiger partial charge in [0, 0.05) is 24.8 Å². The number of aromatic nitrogens is 3. The van der Waals surface area contributed by atoms with Gasteiger partial charge in [-0.15, -0.1) is 5.10 Å². The first-order valence-corrected chi connectivity index (χ1v) is 5.75. The molecule has 0 spiro atoms. The third-order valence-corrected chi connectivity index (χ3v) is 2.67. The maximum atomic E-state index is 9.14. The largest absolute Gasteiger partial charge is 0.396 e. The zero-order chi connectivity index (χ0) is 12.5. The molecule has 0 bridgehead atoms. The standard InChI is InChI=1S/C11H15ClN4O/c1-11(2,7-17)6-13-10-14-9-4-3-8(12)5-16(9)15-10/h3-5,17H,6-7H2,1-2H3,(H,13,15). The highest BCUT2D eigenvalue weighted by atomic mass is 35.5. The van der Waals surface area contributed by atoms with Crippen LogP contribution < -0.4 is 5.32 Å². The molecule has 0 fully saturated rings. The summed E-state index contributed by atoms with van der Waals surface area (Å²) in [6.07, 6.45) is 1.70. The summed E-state index contributed by atoms with van der Waals surface area (Å²) in [5.74, 6) is 0.536. The van der Waals surface area contributed by atoms with E-state index in [4.69, 9.17) is 16.7 Å². The molecule has 0 aliphatic carbocycles. The summed E-state index contributed by atoms with van der Waals surface area (Å²) in [4.78, 5) is 4.29. The molecular formula is C11H15ClN4O. The summed E-state index contributed by atoms with van der Waals surface area (Å²) in [5, 5.41) is 17.1. The molecule has 92 valence electrons. The topological polar surface area (TPSA) is 62.5 Å². The zero-order valence-electron chi connectivity index (χ0n) is 9.81. The van der Waals surface area contributed by atoms with Gasteiger partial charge in [-0.3, -0.25) is 0 Å². The van der Waals surface area contributed by atoms with Crippen LogP contribution in [0.25, 0.3) is 5.65 Å². The van der Waals surface area contributed by atoms with Crippen molar-refractivity contribution in [1.82, 2.24) is 14.6 Å². The van der Waals surface area contributed by atoms with Crippen LogP contribution in [0, 0.1) is 5.41 Å². The van der Waals surface area contributed by atoms with E-state index in [0.717, 1.165) is 5.65 Å². The van der Waals surface area contributed by atoms with Crippen LogP contribution in [0.15, 0.2) is 18.3 Å². The highest BCUT2D eigenvalue weighted by molar-refractivity contribution is 6.30. The first kappa shape index (κ1) is 12.1. The SMILES string of the molecule is CC(C)(CO)CNc1nc2ccc(Cl)cn2n1. The Hall–Kier alpha value is -1.33. The highest BCUT2D eigenvalue weighted by Gasteiger charge is 2.16. The number of nitrogens with one attached hydrogen (secondary N) is 1. The Morgan fingerprint density at radius 3 is 2.94 bits per heavy atom. The van der Waals surface area contributed by atoms with E-state index in [9.17, 15) is 0 Å². The predicted molar refractivity (Wildman–Crippen MR) is 67.4 cm³/mol. The van der Waals surface area contributed by atoms with Crippen molar-refractivity contribution in [3.8, 4) is 0 Å². The smallest absolute Gasteiger partial charge is 0.243 e. The molecule has 2 N–H and O–H groups in total. The van der Waals surface area contributed by atoms with Gasteiger partial charge in [0.15, 0.2) is 5.65 Å². The molecule has 17 heavy (non-hydrogen) atoms. The molecule has 2 aromatic rings. The number of hydrogen-bond acceptors (Lipinski definition) is 4. The third-order valence-electron chi connectivity index (χ3n) is 2.45. The molecule has 2 aromatic heterocycles. The molecule has 0 aliphatic heterocycles. The number of pyridine rings is 1. The Labute approximate surface area is 104 Å². The Morgan fingerprint density at radius 1 is 1.47 bits per heavy atom. The highest BCUT2D eigenvalue weighted by Crippen LogP contribution is 2.15. The predicted octanol–water partition coefficient (Wildman–Crippen LogP) is 1.81. The fourth-order valence-corrected chi connectivity index (χ4v) is 1.46. The molecule has 0 atom stereocenters. The van der Waals surface area contributed by atoms with Crippen LogP contribution in [0.3, 0.4) is 0 Å². The minimum absolute atomic E-state index is 0.110. The van der Waals surface area contributed by atoms with Crippen LogP contribution in [0.2, 0.25) is 5.02 Å². The van der Waals surface area contributed by atoms with Crippen molar-refractivity contribution in [1.29, 1.82) is 0 Å². The van der Waals surface area contributed by atoms with Gasteiger partial charge < -0.3 is 10.4 Å². The normalized spacial score (nSPS) is 12.0. The van der Waals surface area contributed by atoms with E-state index in [-0.39, 0.29) is 12.0 Å². The average Bonchev–Trinajstić information content (AvgIpc) is 2.68. The summed E-state index contributed by atoms with van der Waals surface area (Å²) < 4.78 is 1.62. The monoisotopic (exact) mass is 254 g/mol. The molecule has 0 unspecified atom stereocenters. The maximum Gasteiger partial charge on any atom is 0.243 e. The van der Waals surface area contributed by atoms with Gasteiger partial charge in [0.25, 0.3) is 0 Å². The molecule has 2 rings (SSSR count). The Bertz CT molecular complexity index is 523. The van der Waals surface area contributed by atoms with Gasteiger partial charge >= 0.3 is 0 Å². The van der Waals surface area contributed by atoms with E-state index in [1.54, 1.807) is 22.8 Å². The lowest BCUT2D eigenvalue weighted by atomic mass is 9.95. The molecule has 0 saturated heterocycles. The average molecular weight is 255 g/mol. The molecular weight excluding hydrogens is 240 g/mol. The molecule has 6 heteroatoms. The van der Waals surface area contributed by atoms with Crippen LogP contribution >= 0.6 is 11.6 Å². The molecule has 0 aliphatic rings. The fraction of sp³-hybridized carbons (Fsp3) is 0.455. The van der Waals surface area contributed by atoms with Gasteiger partial charge in [0.05, 0.1) is 5.02 Å². The molecule has 0 aromatic carbocycles. The van der Waals surface area contributed by atoms with Crippen LogP contribution in [0.1, 0.15) is 13.8 Å². The summed E-state index contributed by atoms with van der Waals surface area (Å²) >= 11 is 5.86. The molecule has 0 radical (unpaired) electrons. The summed E-state index contributed by atoms with van der Waals surface area (Å²) in [5.41, 5.74) is 0.536. The van der Waals surface area contributed by atoms with Crippen LogP contribution in [-0.4, -0.2) is 32.9 Å². The van der Waals surface area contributed by atoms with E-state index in [1.165, 1.54) is 0 Å². The van der Waals surface area contributed by atoms with Crippen molar-refractivity contribution in [2.24, 2.45) is 5.41 Å². The number of aliphatic hydroxyl groups is 1. The van der Waals surface area contributed by atoms with Crippen LogP contribution in [0.4, 0.5) is 5.95 Å². The second-order valence-electron chi connectivity index (χ2n) is 4.76. The number of aliphatic hydroxyl groups excluding tert-OH is 1. The number of anilines is 1. The van der Waals surface area contributed by atoms with E-state index in [0.29, 0.717) is 17.5 Å². The van der Waals surface area contributed by atoms with Gasteiger partial charge in [0.1, 0.15) is 0 Å². The van der Waals surface area contributed by atoms with E-state index >= 15 is 0 Å². The van der Waals surface area contributed by atoms with Gasteiger partial charge in [0.2, 0.25) is 5.95 Å². The maximum absolute atomic E-state index is 9.14. The number of rotatable bonds is 4. The minimum atomic E-state index is -0.199. The lowest BCUT2D eigenvalue weighted by molar-refractivity contribution is 0.170. The van der Waals surface area contributed by atoms with Crippen LogP contribution in [-0.2, 0) is 0 Å². The number of halogens is 1. The van der Waals surface area contributed by atoms with Gasteiger partial charge in [-0.25, -0.2) is 4.52 Å². The van der Waals surface area contributed by atoms with Crippen molar-refractivity contribution >= 4 is 23.2 Å². The van der Waals surface area contributed by atoms with E-state index in [2.05, 4.69) is 15.4 Å². The van der Waals surface area contributed by atoms with Gasteiger partial charge in [-0.05, 0) is 12.1 Å². The lowest BCUT2D eigenvalue weighted by Gasteiger charge is -2.20. The fourth-order valence-electron chi connectivity index (χ4n) is 1.31. The molecule has 5 nitrogen and oxygen atoms in total. The van der Waals surface area contributed by atoms with E-state index in [1.807, 2.05) is 13.8 Å². The third kappa shape index (κ3) is 2.87. The van der Waals surface area contributed by atoms with Crippen molar-refractivity contribution in [3.05, 3.63) is 23.4 Å². The number of hydrogen-bond donors (Lipinski definition) is 2. The molecule has 0 amide bonds. The summed E-state index contributed by atoms with van der Waals surface area (Å²) in [7, 11) is 0. The molecule has 0 saturated carbocycles. The van der Waals surface area contributed by atoms with E-state index < -0.39 is 0 Å². The minimum Gasteiger partial charge on any atom is -0.396 e. The van der Waals surface area contributed by atoms with Crippen molar-refractivity contribution in [2.45, 2.75) is 13.8 Å². The van der Waals surface area contributed by atoms with Crippen LogP contribution in [0.5, 0.6) is 0 Å². The second kappa shape index (κ2) is 4.50. The number of fused-ring (bicyclic) bond motifs is 1. The zero-order valence-corrected chi connectivity index (χ0v) is 10.6. The summed E-state index contributed by atoms with van der Waals surface area (Å²) in [6, 6.07) is 3.57.